The van der Waals surface area contributed by atoms with Gasteiger partial charge in [-0.2, -0.15) is 0 Å². The van der Waals surface area contributed by atoms with Crippen molar-refractivity contribution in [3.05, 3.63) is 0 Å². The number of rotatable bonds is 4. The van der Waals surface area contributed by atoms with Gasteiger partial charge in [-0.3, -0.25) is 0 Å². The summed E-state index contributed by atoms with van der Waals surface area (Å²) in [5.41, 5.74) is 0. The monoisotopic (exact) mass is 139 g/mol. The molecule has 0 unspecified atom stereocenters. The maximum Gasteiger partial charge on any atom is 0.164 e. The van der Waals surface area contributed by atoms with Gasteiger partial charge in [0.25, 0.3) is 0 Å². The van der Waals surface area contributed by atoms with Crippen LogP contribution in [-0.2, 0) is 0 Å². The predicted molar refractivity (Wildman–Crippen MR) is 31.8 cm³/mol. The van der Waals surface area contributed by atoms with Crippen LogP contribution in [0.25, 0.3) is 0 Å². The van der Waals surface area contributed by atoms with Gasteiger partial charge in [-0.25, -0.2) is 0 Å². The molecule has 0 bridgehead atoms. The molecule has 0 saturated heterocycles. The van der Waals surface area contributed by atoms with Crippen molar-refractivity contribution in [3.63, 3.8) is 0 Å². The highest BCUT2D eigenvalue weighted by Gasteiger charge is 1.92. The minimum absolute atomic E-state index is 0.187. The third kappa shape index (κ3) is 6.17. The van der Waals surface area contributed by atoms with Crippen LogP contribution in [0.2, 0.25) is 0 Å². The van der Waals surface area contributed by atoms with Gasteiger partial charge in [0.1, 0.15) is 0 Å². The fourth-order valence-electron chi connectivity index (χ4n) is 0.298. The highest BCUT2D eigenvalue weighted by molar-refractivity contribution is 6.18. The summed E-state index contributed by atoms with van der Waals surface area (Å²) in [5.74, 6) is 0.493. The summed E-state index contributed by atoms with van der Waals surface area (Å²) in [6, 6.07) is 0. The summed E-state index contributed by atoms with van der Waals surface area (Å²) >= 11 is 5.26. The molecule has 0 amide bonds. The minimum atomic E-state index is -1.27. The van der Waals surface area contributed by atoms with Crippen LogP contribution < -0.4 is 5.32 Å². The fraction of sp³-hybridized carbons (Fsp3) is 1.00. The molecule has 0 fully saturated rings. The first-order chi connectivity index (χ1) is 3.77. The standard InChI is InChI=1S/C4H10ClNO2/c5-1-2-6-3-4(7)8/h4,6-8H,1-3H2. The summed E-state index contributed by atoms with van der Waals surface area (Å²) in [6.45, 7) is 0.798. The van der Waals surface area contributed by atoms with Crippen molar-refractivity contribution in [3.8, 4) is 0 Å². The molecular weight excluding hydrogens is 130 g/mol. The molecule has 0 aliphatic rings. The van der Waals surface area contributed by atoms with Gasteiger partial charge >= 0.3 is 0 Å². The van der Waals surface area contributed by atoms with Crippen molar-refractivity contribution in [1.82, 2.24) is 5.32 Å². The lowest BCUT2D eigenvalue weighted by Crippen LogP contribution is -2.27. The number of alkyl halides is 1. The molecule has 0 aromatic heterocycles. The van der Waals surface area contributed by atoms with E-state index < -0.39 is 6.29 Å². The molecule has 0 atom stereocenters. The molecule has 50 valence electrons. The van der Waals surface area contributed by atoms with Crippen molar-refractivity contribution in [1.29, 1.82) is 0 Å². The van der Waals surface area contributed by atoms with Crippen LogP contribution in [0.1, 0.15) is 0 Å². The maximum absolute atomic E-state index is 8.23. The molecule has 3 nitrogen and oxygen atoms in total. The Balaban J connectivity index is 2.72. The van der Waals surface area contributed by atoms with Gasteiger partial charge in [0.15, 0.2) is 6.29 Å². The molecule has 0 heterocycles. The zero-order valence-corrected chi connectivity index (χ0v) is 5.23. The van der Waals surface area contributed by atoms with E-state index in [2.05, 4.69) is 5.32 Å². The van der Waals surface area contributed by atoms with Gasteiger partial charge in [-0.05, 0) is 0 Å². The van der Waals surface area contributed by atoms with Crippen LogP contribution in [-0.4, -0.2) is 35.5 Å². The third-order valence-electron chi connectivity index (χ3n) is 0.598. The molecular formula is C4H10ClNO2. The molecule has 0 aromatic carbocycles. The number of halogens is 1. The van der Waals surface area contributed by atoms with Gasteiger partial charge in [0, 0.05) is 19.0 Å². The Morgan fingerprint density at radius 2 is 2.12 bits per heavy atom. The molecule has 4 heteroatoms. The van der Waals surface area contributed by atoms with E-state index in [1.165, 1.54) is 0 Å². The largest absolute Gasteiger partial charge is 0.367 e. The highest BCUT2D eigenvalue weighted by atomic mass is 35.5. The van der Waals surface area contributed by atoms with E-state index in [-0.39, 0.29) is 6.54 Å². The summed E-state index contributed by atoms with van der Waals surface area (Å²) in [7, 11) is 0. The van der Waals surface area contributed by atoms with Crippen LogP contribution in [0.4, 0.5) is 0 Å². The van der Waals surface area contributed by atoms with Crippen LogP contribution in [0.5, 0.6) is 0 Å². The van der Waals surface area contributed by atoms with Gasteiger partial charge in [-0.1, -0.05) is 0 Å². The average Bonchev–Trinajstić information content (AvgIpc) is 1.66. The Bertz CT molecular complexity index is 51.3. The smallest absolute Gasteiger partial charge is 0.164 e. The second-order valence-corrected chi connectivity index (χ2v) is 1.75. The lowest BCUT2D eigenvalue weighted by Gasteiger charge is -2.01. The topological polar surface area (TPSA) is 52.5 Å². The Kier molecular flexibility index (Phi) is 5.42. The van der Waals surface area contributed by atoms with E-state index in [9.17, 15) is 0 Å². The third-order valence-corrected chi connectivity index (χ3v) is 0.787. The molecule has 0 rings (SSSR count). The van der Waals surface area contributed by atoms with Crippen LogP contribution in [0.3, 0.4) is 0 Å². The Labute approximate surface area is 53.3 Å². The second kappa shape index (κ2) is 5.31. The number of aliphatic hydroxyl groups excluding tert-OH is 1. The highest BCUT2D eigenvalue weighted by Crippen LogP contribution is 1.71. The summed E-state index contributed by atoms with van der Waals surface area (Å²) in [5, 5.41) is 19.2. The quantitative estimate of drug-likeness (QED) is 0.270. The van der Waals surface area contributed by atoms with Crippen LogP contribution in [0.15, 0.2) is 0 Å². The Morgan fingerprint density at radius 1 is 1.50 bits per heavy atom. The lowest BCUT2D eigenvalue weighted by molar-refractivity contribution is -0.0367. The first-order valence-electron chi connectivity index (χ1n) is 2.40. The summed E-state index contributed by atoms with van der Waals surface area (Å²) in [6.07, 6.45) is -1.27. The van der Waals surface area contributed by atoms with E-state index >= 15 is 0 Å². The molecule has 0 aromatic rings. The number of aliphatic hydroxyl groups is 2. The predicted octanol–water partition coefficient (Wildman–Crippen LogP) is -0.875. The second-order valence-electron chi connectivity index (χ2n) is 1.37. The van der Waals surface area contributed by atoms with Crippen LogP contribution >= 0.6 is 11.6 Å². The van der Waals surface area contributed by atoms with E-state index in [0.29, 0.717) is 12.4 Å². The van der Waals surface area contributed by atoms with E-state index in [1.807, 2.05) is 0 Å². The van der Waals surface area contributed by atoms with Crippen molar-refractivity contribution in [2.75, 3.05) is 19.0 Å². The number of hydrogen-bond donors (Lipinski definition) is 3. The molecule has 0 radical (unpaired) electrons. The minimum Gasteiger partial charge on any atom is -0.367 e. The molecule has 3 N–H and O–H groups in total. The van der Waals surface area contributed by atoms with E-state index in [1.54, 1.807) is 0 Å². The van der Waals surface area contributed by atoms with Gasteiger partial charge in [0.05, 0.1) is 0 Å². The van der Waals surface area contributed by atoms with Crippen molar-refractivity contribution >= 4 is 11.6 Å². The van der Waals surface area contributed by atoms with Gasteiger partial charge in [-0.15, -0.1) is 11.6 Å². The summed E-state index contributed by atoms with van der Waals surface area (Å²) in [4.78, 5) is 0. The Morgan fingerprint density at radius 3 is 2.50 bits per heavy atom. The lowest BCUT2D eigenvalue weighted by atomic mass is 10.6. The van der Waals surface area contributed by atoms with Crippen molar-refractivity contribution < 1.29 is 10.2 Å². The zero-order valence-electron chi connectivity index (χ0n) is 4.47. The number of hydrogen-bond acceptors (Lipinski definition) is 3. The fourth-order valence-corrected chi connectivity index (χ4v) is 0.432. The van der Waals surface area contributed by atoms with E-state index in [0.717, 1.165) is 0 Å². The molecule has 0 aliphatic carbocycles. The first-order valence-corrected chi connectivity index (χ1v) is 2.93. The molecule has 0 saturated carbocycles. The Hall–Kier alpha value is 0.170. The van der Waals surface area contributed by atoms with Gasteiger partial charge in [0.2, 0.25) is 0 Å². The van der Waals surface area contributed by atoms with Crippen LogP contribution in [0, 0.1) is 0 Å². The number of nitrogens with one attached hydrogen (secondary N) is 1. The maximum atomic E-state index is 8.23. The molecule has 0 aliphatic heterocycles. The average molecular weight is 140 g/mol. The normalized spacial score (nSPS) is 10.5. The van der Waals surface area contributed by atoms with Gasteiger partial charge < -0.3 is 15.5 Å². The summed E-state index contributed by atoms with van der Waals surface area (Å²) < 4.78 is 0. The first kappa shape index (κ1) is 8.17. The SMILES string of the molecule is OC(O)CNCCCl. The van der Waals surface area contributed by atoms with E-state index in [4.69, 9.17) is 21.8 Å². The zero-order chi connectivity index (χ0) is 6.41. The molecule has 0 spiro atoms. The van der Waals surface area contributed by atoms with Crippen molar-refractivity contribution in [2.45, 2.75) is 6.29 Å². The molecule has 8 heavy (non-hydrogen) atoms. The van der Waals surface area contributed by atoms with Crippen molar-refractivity contribution in [2.24, 2.45) is 0 Å².